The van der Waals surface area contributed by atoms with Crippen LogP contribution in [0.25, 0.3) is 0 Å². The zero-order chi connectivity index (χ0) is 22.7. The van der Waals surface area contributed by atoms with E-state index < -0.39 is 6.09 Å². The van der Waals surface area contributed by atoms with Crippen molar-refractivity contribution in [3.05, 3.63) is 77.7 Å². The first-order valence-electron chi connectivity index (χ1n) is 10.6. The van der Waals surface area contributed by atoms with E-state index >= 15 is 0 Å². The molecule has 2 aromatic carbocycles. The van der Waals surface area contributed by atoms with Crippen LogP contribution in [0.2, 0.25) is 0 Å². The van der Waals surface area contributed by atoms with Gasteiger partial charge in [-0.1, -0.05) is 38.1 Å². The number of aryl methyl sites for hydroxylation is 1. The normalized spacial score (nSPS) is 17.8. The molecule has 7 nitrogen and oxygen atoms in total. The number of amides is 1. The average molecular weight is 434 g/mol. The van der Waals surface area contributed by atoms with Crippen molar-refractivity contribution in [2.75, 3.05) is 0 Å². The highest BCUT2D eigenvalue weighted by Crippen LogP contribution is 2.35. The fourth-order valence-corrected chi connectivity index (χ4v) is 3.73. The van der Waals surface area contributed by atoms with Gasteiger partial charge in [-0.2, -0.15) is 0 Å². The third-order valence-electron chi connectivity index (χ3n) is 5.74. The molecule has 0 bridgehead atoms. The van der Waals surface area contributed by atoms with Crippen molar-refractivity contribution in [2.24, 2.45) is 5.73 Å². The standard InChI is InChI=1S/C25H27N3O4/c1-16-14-27-15-23(28-16)31-20-10-6-18(7-11-20)25(2,3)17-4-8-19(9-5-17)30-21-12-22(13-21)32-24(26)29/h4-11,14-15,21-22H,12-13H2,1-3H3,(H2,26,29). The summed E-state index contributed by atoms with van der Waals surface area (Å²) in [6.07, 6.45) is 3.80. The number of ether oxygens (including phenoxy) is 3. The van der Waals surface area contributed by atoms with Crippen molar-refractivity contribution in [3.8, 4) is 17.4 Å². The maximum absolute atomic E-state index is 10.8. The lowest BCUT2D eigenvalue weighted by Crippen LogP contribution is -2.41. The van der Waals surface area contributed by atoms with Crippen molar-refractivity contribution in [2.45, 2.75) is 51.2 Å². The maximum Gasteiger partial charge on any atom is 0.404 e. The molecule has 1 fully saturated rings. The SMILES string of the molecule is Cc1cncc(Oc2ccc(C(C)(C)c3ccc(OC4CC(OC(N)=O)C4)cc3)cc2)n1. The number of carbonyl (C=O) groups is 1. The van der Waals surface area contributed by atoms with E-state index in [2.05, 4.69) is 48.1 Å². The molecule has 4 rings (SSSR count). The molecule has 0 spiro atoms. The van der Waals surface area contributed by atoms with Gasteiger partial charge in [-0.25, -0.2) is 9.78 Å². The van der Waals surface area contributed by atoms with Crippen molar-refractivity contribution in [1.29, 1.82) is 0 Å². The smallest absolute Gasteiger partial charge is 0.404 e. The number of hydrogen-bond donors (Lipinski definition) is 1. The molecule has 1 saturated carbocycles. The summed E-state index contributed by atoms with van der Waals surface area (Å²) in [5, 5.41) is 0. The molecule has 1 amide bonds. The first-order chi connectivity index (χ1) is 15.3. The summed E-state index contributed by atoms with van der Waals surface area (Å²) < 4.78 is 16.7. The van der Waals surface area contributed by atoms with E-state index in [-0.39, 0.29) is 17.6 Å². The predicted molar refractivity (Wildman–Crippen MR) is 120 cm³/mol. The summed E-state index contributed by atoms with van der Waals surface area (Å²) in [4.78, 5) is 19.2. The largest absolute Gasteiger partial charge is 0.490 e. The van der Waals surface area contributed by atoms with Gasteiger partial charge >= 0.3 is 6.09 Å². The Labute approximate surface area is 187 Å². The van der Waals surface area contributed by atoms with E-state index in [1.54, 1.807) is 12.4 Å². The van der Waals surface area contributed by atoms with Crippen molar-refractivity contribution >= 4 is 6.09 Å². The topological polar surface area (TPSA) is 96.6 Å². The summed E-state index contributed by atoms with van der Waals surface area (Å²) in [5.41, 5.74) is 7.99. The number of nitrogens with zero attached hydrogens (tertiary/aromatic N) is 2. The van der Waals surface area contributed by atoms with Crippen molar-refractivity contribution in [1.82, 2.24) is 9.97 Å². The highest BCUT2D eigenvalue weighted by Gasteiger charge is 2.33. The fraction of sp³-hybridized carbons (Fsp3) is 0.320. The highest BCUT2D eigenvalue weighted by atomic mass is 16.6. The Morgan fingerprint density at radius 1 is 0.938 bits per heavy atom. The van der Waals surface area contributed by atoms with Gasteiger partial charge in [0, 0.05) is 24.5 Å². The molecule has 2 N–H and O–H groups in total. The molecule has 0 atom stereocenters. The monoisotopic (exact) mass is 433 g/mol. The zero-order valence-electron chi connectivity index (χ0n) is 18.4. The highest BCUT2D eigenvalue weighted by molar-refractivity contribution is 5.64. The third-order valence-corrected chi connectivity index (χ3v) is 5.74. The van der Waals surface area contributed by atoms with Crippen LogP contribution in [-0.2, 0) is 10.2 Å². The quantitative estimate of drug-likeness (QED) is 0.569. The molecule has 1 aliphatic carbocycles. The minimum atomic E-state index is -0.733. The Morgan fingerprint density at radius 3 is 2.09 bits per heavy atom. The van der Waals surface area contributed by atoms with Crippen LogP contribution in [0.1, 0.15) is 43.5 Å². The predicted octanol–water partition coefficient (Wildman–Crippen LogP) is 4.91. The first kappa shape index (κ1) is 21.6. The van der Waals surface area contributed by atoms with Crippen LogP contribution in [0.3, 0.4) is 0 Å². The van der Waals surface area contributed by atoms with Gasteiger partial charge in [0.15, 0.2) is 0 Å². The second-order valence-corrected chi connectivity index (χ2v) is 8.54. The van der Waals surface area contributed by atoms with E-state index in [0.29, 0.717) is 24.5 Å². The van der Waals surface area contributed by atoms with Gasteiger partial charge in [0.25, 0.3) is 0 Å². The number of carbonyl (C=O) groups excluding carboxylic acids is 1. The molecule has 3 aromatic rings. The molecular formula is C25H27N3O4. The minimum Gasteiger partial charge on any atom is -0.490 e. The van der Waals surface area contributed by atoms with E-state index in [0.717, 1.165) is 11.4 Å². The first-order valence-corrected chi connectivity index (χ1v) is 10.6. The number of aromatic nitrogens is 2. The molecule has 1 aromatic heterocycles. The van der Waals surface area contributed by atoms with Gasteiger partial charge in [0.05, 0.1) is 11.9 Å². The zero-order valence-corrected chi connectivity index (χ0v) is 18.4. The van der Waals surface area contributed by atoms with Crippen LogP contribution in [0.4, 0.5) is 4.79 Å². The summed E-state index contributed by atoms with van der Waals surface area (Å²) >= 11 is 0. The van der Waals surface area contributed by atoms with Gasteiger partial charge in [0.2, 0.25) is 5.88 Å². The third kappa shape index (κ3) is 4.99. The van der Waals surface area contributed by atoms with Crippen LogP contribution < -0.4 is 15.2 Å². The van der Waals surface area contributed by atoms with Crippen LogP contribution >= 0.6 is 0 Å². The molecular weight excluding hydrogens is 406 g/mol. The summed E-state index contributed by atoms with van der Waals surface area (Å²) in [6.45, 7) is 6.24. The number of benzene rings is 2. The van der Waals surface area contributed by atoms with Crippen LogP contribution in [0.5, 0.6) is 17.4 Å². The number of primary amides is 1. The van der Waals surface area contributed by atoms with Gasteiger partial charge in [-0.3, -0.25) is 4.98 Å². The van der Waals surface area contributed by atoms with Gasteiger partial charge < -0.3 is 19.9 Å². The molecule has 166 valence electrons. The molecule has 1 aliphatic rings. The Morgan fingerprint density at radius 2 is 1.53 bits per heavy atom. The Kier molecular flexibility index (Phi) is 5.99. The molecule has 0 aliphatic heterocycles. The van der Waals surface area contributed by atoms with Crippen LogP contribution in [0, 0.1) is 6.92 Å². The fourth-order valence-electron chi connectivity index (χ4n) is 3.73. The van der Waals surface area contributed by atoms with Gasteiger partial charge in [-0.05, 0) is 42.3 Å². The van der Waals surface area contributed by atoms with Gasteiger partial charge in [0.1, 0.15) is 23.7 Å². The Balaban J connectivity index is 1.38. The van der Waals surface area contributed by atoms with E-state index in [9.17, 15) is 4.79 Å². The number of nitrogens with two attached hydrogens (primary N) is 1. The van der Waals surface area contributed by atoms with E-state index in [4.69, 9.17) is 19.9 Å². The molecule has 0 radical (unpaired) electrons. The van der Waals surface area contributed by atoms with Crippen molar-refractivity contribution in [3.63, 3.8) is 0 Å². The Bertz CT molecular complexity index is 1080. The average Bonchev–Trinajstić information content (AvgIpc) is 2.73. The number of rotatable bonds is 7. The maximum atomic E-state index is 10.8. The van der Waals surface area contributed by atoms with Crippen LogP contribution in [0.15, 0.2) is 60.9 Å². The Hall–Kier alpha value is -3.61. The number of hydrogen-bond acceptors (Lipinski definition) is 6. The molecule has 0 unspecified atom stereocenters. The lowest BCUT2D eigenvalue weighted by atomic mass is 9.78. The molecule has 32 heavy (non-hydrogen) atoms. The van der Waals surface area contributed by atoms with E-state index in [1.165, 1.54) is 11.1 Å². The molecule has 0 saturated heterocycles. The van der Waals surface area contributed by atoms with Gasteiger partial charge in [-0.15, -0.1) is 0 Å². The second-order valence-electron chi connectivity index (χ2n) is 8.54. The molecule has 7 heteroatoms. The molecule has 1 heterocycles. The lowest BCUT2D eigenvalue weighted by Gasteiger charge is -2.34. The van der Waals surface area contributed by atoms with Crippen molar-refractivity contribution < 1.29 is 19.0 Å². The summed E-state index contributed by atoms with van der Waals surface area (Å²) in [5.74, 6) is 1.99. The second kappa shape index (κ2) is 8.86. The summed E-state index contributed by atoms with van der Waals surface area (Å²) in [6, 6.07) is 16.1. The lowest BCUT2D eigenvalue weighted by molar-refractivity contribution is -0.0197. The minimum absolute atomic E-state index is 0.0452. The van der Waals surface area contributed by atoms with Crippen LogP contribution in [-0.4, -0.2) is 28.3 Å². The summed E-state index contributed by atoms with van der Waals surface area (Å²) in [7, 11) is 0. The van der Waals surface area contributed by atoms with E-state index in [1.807, 2.05) is 31.2 Å².